The summed E-state index contributed by atoms with van der Waals surface area (Å²) >= 11 is 0. The van der Waals surface area contributed by atoms with Crippen LogP contribution in [0.5, 0.6) is 28.9 Å². The molecule has 0 aliphatic carbocycles. The number of aromatic nitrogens is 1. The van der Waals surface area contributed by atoms with Gasteiger partial charge in [0.25, 0.3) is 0 Å². The monoisotopic (exact) mass is 517 g/mol. The van der Waals surface area contributed by atoms with Crippen molar-refractivity contribution in [2.24, 2.45) is 0 Å². The molecule has 0 bridgehead atoms. The largest absolute Gasteiger partial charge is 0.493 e. The maximum Gasteiger partial charge on any atom is 0.231 e. The summed E-state index contributed by atoms with van der Waals surface area (Å²) in [7, 11) is 3.26. The minimum atomic E-state index is 0.144. The molecule has 0 saturated carbocycles. The number of carbonyl (C=O) groups is 1. The van der Waals surface area contributed by atoms with Crippen molar-refractivity contribution in [1.82, 2.24) is 14.8 Å². The molecular weight excluding hydrogens is 486 g/mol. The van der Waals surface area contributed by atoms with Crippen LogP contribution in [0.1, 0.15) is 13.3 Å². The lowest BCUT2D eigenvalue weighted by Crippen LogP contribution is -2.48. The van der Waals surface area contributed by atoms with Gasteiger partial charge in [-0.2, -0.15) is 0 Å². The summed E-state index contributed by atoms with van der Waals surface area (Å²) in [5.74, 6) is 3.43. The maximum absolute atomic E-state index is 11.6. The summed E-state index contributed by atoms with van der Waals surface area (Å²) in [6, 6.07) is 12.0. The van der Waals surface area contributed by atoms with Gasteiger partial charge in [0.2, 0.25) is 18.6 Å². The molecule has 9 heteroatoms. The minimum Gasteiger partial charge on any atom is -0.493 e. The van der Waals surface area contributed by atoms with Crippen LogP contribution >= 0.6 is 0 Å². The van der Waals surface area contributed by atoms with E-state index in [2.05, 4.69) is 17.0 Å². The first-order valence-electron chi connectivity index (χ1n) is 12.9. The third-order valence-corrected chi connectivity index (χ3v) is 7.42. The molecule has 3 heterocycles. The number of fused-ring (bicyclic) bond motifs is 6. The number of hydrogen-bond acceptors (Lipinski definition) is 8. The molecular formula is C29H31N3O6. The molecule has 0 N–H and O–H groups in total. The number of rotatable bonds is 7. The Labute approximate surface area is 220 Å². The summed E-state index contributed by atoms with van der Waals surface area (Å²) in [6.45, 7) is 6.60. The van der Waals surface area contributed by atoms with E-state index in [9.17, 15) is 4.79 Å². The van der Waals surface area contributed by atoms with Crippen molar-refractivity contribution in [3.8, 4) is 28.9 Å². The average Bonchev–Trinajstić information content (AvgIpc) is 3.41. The summed E-state index contributed by atoms with van der Waals surface area (Å²) in [4.78, 5) is 20.9. The summed E-state index contributed by atoms with van der Waals surface area (Å²) < 4.78 is 28.8. The Bertz CT molecular complexity index is 1530. The van der Waals surface area contributed by atoms with E-state index in [4.69, 9.17) is 28.7 Å². The first-order chi connectivity index (χ1) is 18.6. The fourth-order valence-electron chi connectivity index (χ4n) is 5.33. The first kappa shape index (κ1) is 24.4. The van der Waals surface area contributed by atoms with Crippen LogP contribution in [-0.2, 0) is 4.79 Å². The zero-order valence-corrected chi connectivity index (χ0v) is 21.9. The Morgan fingerprint density at radius 2 is 1.61 bits per heavy atom. The summed E-state index contributed by atoms with van der Waals surface area (Å²) in [6.07, 6.45) is 0.850. The lowest BCUT2D eigenvalue weighted by Gasteiger charge is -2.34. The van der Waals surface area contributed by atoms with Gasteiger partial charge in [0.05, 0.1) is 26.3 Å². The number of ether oxygens (including phenoxy) is 5. The van der Waals surface area contributed by atoms with Gasteiger partial charge in [-0.1, -0.05) is 12.1 Å². The molecule has 0 unspecified atom stereocenters. The quantitative estimate of drug-likeness (QED) is 0.266. The fourth-order valence-corrected chi connectivity index (χ4v) is 5.33. The van der Waals surface area contributed by atoms with Crippen molar-refractivity contribution in [1.29, 1.82) is 0 Å². The van der Waals surface area contributed by atoms with Gasteiger partial charge in [-0.05, 0) is 36.1 Å². The van der Waals surface area contributed by atoms with Gasteiger partial charge >= 0.3 is 0 Å². The molecule has 6 rings (SSSR count). The SMILES string of the molecule is COc1cc2c(OCCCN3CCN(C(C)=O)CC3)nc3c4cc5c(cc4ccc3c2cc1OC)OCO5. The number of pyridine rings is 1. The summed E-state index contributed by atoms with van der Waals surface area (Å²) in [5.41, 5.74) is 0.830. The molecule has 0 spiro atoms. The number of benzene rings is 3. The van der Waals surface area contributed by atoms with Crippen LogP contribution in [0.2, 0.25) is 0 Å². The van der Waals surface area contributed by atoms with Crippen molar-refractivity contribution < 1.29 is 28.5 Å². The number of methoxy groups -OCH3 is 2. The van der Waals surface area contributed by atoms with Crippen molar-refractivity contribution in [2.45, 2.75) is 13.3 Å². The molecule has 198 valence electrons. The highest BCUT2D eigenvalue weighted by molar-refractivity contribution is 6.17. The second kappa shape index (κ2) is 10.1. The van der Waals surface area contributed by atoms with E-state index in [0.29, 0.717) is 29.7 Å². The molecule has 9 nitrogen and oxygen atoms in total. The van der Waals surface area contributed by atoms with Gasteiger partial charge in [-0.25, -0.2) is 4.98 Å². The predicted molar refractivity (Wildman–Crippen MR) is 145 cm³/mol. The van der Waals surface area contributed by atoms with Crippen molar-refractivity contribution in [3.05, 3.63) is 36.4 Å². The highest BCUT2D eigenvalue weighted by Crippen LogP contribution is 2.43. The van der Waals surface area contributed by atoms with Gasteiger partial charge in [0, 0.05) is 61.2 Å². The maximum atomic E-state index is 11.6. The molecule has 1 fully saturated rings. The van der Waals surface area contributed by atoms with Crippen molar-refractivity contribution in [2.75, 3.05) is 60.3 Å². The van der Waals surface area contributed by atoms with Crippen LogP contribution in [0.3, 0.4) is 0 Å². The second-order valence-corrected chi connectivity index (χ2v) is 9.61. The highest BCUT2D eigenvalue weighted by atomic mass is 16.7. The van der Waals surface area contributed by atoms with E-state index in [0.717, 1.165) is 77.3 Å². The molecule has 2 aliphatic heterocycles. The van der Waals surface area contributed by atoms with E-state index >= 15 is 0 Å². The van der Waals surface area contributed by atoms with Gasteiger partial charge in [-0.15, -0.1) is 0 Å². The molecule has 38 heavy (non-hydrogen) atoms. The van der Waals surface area contributed by atoms with Crippen LogP contribution in [0.15, 0.2) is 36.4 Å². The smallest absolute Gasteiger partial charge is 0.231 e. The lowest BCUT2D eigenvalue weighted by molar-refractivity contribution is -0.130. The standard InChI is InChI=1S/C29H31N3O6/c1-18(33)32-10-8-31(9-11-32)7-4-12-36-29-23-16-25(35-3)24(34-2)15-22(23)20-6-5-19-13-26-27(38-17-37-26)14-21(19)28(20)30-29/h5-6,13-16H,4,7-12,17H2,1-3H3. The van der Waals surface area contributed by atoms with E-state index in [-0.39, 0.29) is 12.7 Å². The number of carbonyl (C=O) groups excluding carboxylic acids is 1. The minimum absolute atomic E-state index is 0.144. The molecule has 1 saturated heterocycles. The molecule has 4 aromatic rings. The number of nitrogens with zero attached hydrogens (tertiary/aromatic N) is 3. The third-order valence-electron chi connectivity index (χ3n) is 7.42. The Kier molecular flexibility index (Phi) is 6.45. The third kappa shape index (κ3) is 4.36. The summed E-state index contributed by atoms with van der Waals surface area (Å²) in [5, 5.41) is 4.82. The van der Waals surface area contributed by atoms with Crippen LogP contribution in [0.4, 0.5) is 0 Å². The van der Waals surface area contributed by atoms with Crippen LogP contribution < -0.4 is 23.7 Å². The zero-order chi connectivity index (χ0) is 26.2. The highest BCUT2D eigenvalue weighted by Gasteiger charge is 2.21. The first-order valence-corrected chi connectivity index (χ1v) is 12.9. The van der Waals surface area contributed by atoms with E-state index in [1.165, 1.54) is 0 Å². The molecule has 3 aromatic carbocycles. The number of piperazine rings is 1. The van der Waals surface area contributed by atoms with Crippen LogP contribution in [0, 0.1) is 0 Å². The van der Waals surface area contributed by atoms with Gasteiger partial charge in [0.15, 0.2) is 23.0 Å². The van der Waals surface area contributed by atoms with E-state index in [1.807, 2.05) is 29.2 Å². The number of amides is 1. The Balaban J connectivity index is 1.34. The second-order valence-electron chi connectivity index (χ2n) is 9.61. The topological polar surface area (TPSA) is 82.6 Å². The van der Waals surface area contributed by atoms with Crippen molar-refractivity contribution >= 4 is 38.4 Å². The predicted octanol–water partition coefficient (Wildman–Crippen LogP) is 4.22. The lowest BCUT2D eigenvalue weighted by atomic mass is 10.0. The van der Waals surface area contributed by atoms with Crippen LogP contribution in [-0.4, -0.2) is 81.0 Å². The van der Waals surface area contributed by atoms with E-state index in [1.54, 1.807) is 21.1 Å². The molecule has 0 atom stereocenters. The zero-order valence-electron chi connectivity index (χ0n) is 21.9. The molecule has 1 aromatic heterocycles. The normalized spacial score (nSPS) is 15.4. The Morgan fingerprint density at radius 1 is 0.895 bits per heavy atom. The van der Waals surface area contributed by atoms with Crippen molar-refractivity contribution in [3.63, 3.8) is 0 Å². The molecule has 0 radical (unpaired) electrons. The van der Waals surface area contributed by atoms with Gasteiger partial charge in [-0.3, -0.25) is 9.69 Å². The molecule has 1 amide bonds. The Hall–Kier alpha value is -3.98. The fraction of sp³-hybridized carbons (Fsp3) is 0.379. The van der Waals surface area contributed by atoms with Gasteiger partial charge in [0.1, 0.15) is 0 Å². The number of hydrogen-bond donors (Lipinski definition) is 0. The van der Waals surface area contributed by atoms with Gasteiger partial charge < -0.3 is 28.6 Å². The molecule has 2 aliphatic rings. The van der Waals surface area contributed by atoms with E-state index < -0.39 is 0 Å². The van der Waals surface area contributed by atoms with Crippen LogP contribution in [0.25, 0.3) is 32.4 Å². The Morgan fingerprint density at radius 3 is 2.32 bits per heavy atom. The average molecular weight is 518 g/mol.